The first-order chi connectivity index (χ1) is 14.8. The summed E-state index contributed by atoms with van der Waals surface area (Å²) in [5, 5.41) is 0. The van der Waals surface area contributed by atoms with Crippen molar-refractivity contribution in [3.63, 3.8) is 0 Å². The second kappa shape index (κ2) is 12.5. The molecular weight excluding hydrogens is 403 g/mol. The minimum absolute atomic E-state index is 0.0442. The smallest absolute Gasteiger partial charge is 0.392 e. The van der Waals surface area contributed by atoms with Gasteiger partial charge in [0, 0.05) is 11.8 Å². The Morgan fingerprint density at radius 2 is 1.68 bits per heavy atom. The molecule has 170 valence electrons. The number of ether oxygens (including phenoxy) is 1. The summed E-state index contributed by atoms with van der Waals surface area (Å²) in [6.45, 7) is 4.15. The summed E-state index contributed by atoms with van der Waals surface area (Å²) >= 11 is 0. The summed E-state index contributed by atoms with van der Waals surface area (Å²) in [4.78, 5) is 16.6. The molecule has 1 unspecified atom stereocenters. The SMILES string of the molecule is CCCCCCC(CC(=O)Oc1ccc(-c2ccc(CCCC)cn2)cc1)C(F)(F)F. The summed E-state index contributed by atoms with van der Waals surface area (Å²) < 4.78 is 44.9. The zero-order chi connectivity index (χ0) is 22.7. The number of pyridine rings is 1. The first-order valence-corrected chi connectivity index (χ1v) is 11.2. The Balaban J connectivity index is 1.92. The number of benzene rings is 1. The van der Waals surface area contributed by atoms with E-state index >= 15 is 0 Å². The topological polar surface area (TPSA) is 39.2 Å². The second-order valence-electron chi connectivity index (χ2n) is 7.95. The monoisotopic (exact) mass is 435 g/mol. The van der Waals surface area contributed by atoms with Crippen molar-refractivity contribution in [1.29, 1.82) is 0 Å². The van der Waals surface area contributed by atoms with Crippen molar-refractivity contribution >= 4 is 5.97 Å². The average molecular weight is 436 g/mol. The molecule has 3 nitrogen and oxygen atoms in total. The predicted molar refractivity (Wildman–Crippen MR) is 117 cm³/mol. The van der Waals surface area contributed by atoms with Crippen LogP contribution in [0.3, 0.4) is 0 Å². The fourth-order valence-corrected chi connectivity index (χ4v) is 3.39. The molecule has 0 radical (unpaired) electrons. The van der Waals surface area contributed by atoms with Gasteiger partial charge < -0.3 is 4.74 Å². The number of halogens is 3. The van der Waals surface area contributed by atoms with Crippen molar-refractivity contribution in [3.8, 4) is 17.0 Å². The molecule has 0 fully saturated rings. The average Bonchev–Trinajstić information content (AvgIpc) is 2.74. The van der Waals surface area contributed by atoms with Gasteiger partial charge in [-0.3, -0.25) is 9.78 Å². The first kappa shape index (κ1) is 24.9. The molecule has 2 aromatic rings. The summed E-state index contributed by atoms with van der Waals surface area (Å²) in [6.07, 6.45) is 3.06. The molecule has 0 N–H and O–H groups in total. The van der Waals surface area contributed by atoms with Gasteiger partial charge in [0.25, 0.3) is 0 Å². The molecule has 0 spiro atoms. The highest BCUT2D eigenvalue weighted by molar-refractivity contribution is 5.73. The lowest BCUT2D eigenvalue weighted by molar-refractivity contribution is -0.183. The van der Waals surface area contributed by atoms with Crippen LogP contribution in [0.1, 0.15) is 70.8 Å². The van der Waals surface area contributed by atoms with Crippen molar-refractivity contribution in [2.24, 2.45) is 5.92 Å². The second-order valence-corrected chi connectivity index (χ2v) is 7.95. The van der Waals surface area contributed by atoms with Crippen molar-refractivity contribution in [2.75, 3.05) is 0 Å². The zero-order valence-electron chi connectivity index (χ0n) is 18.4. The van der Waals surface area contributed by atoms with Crippen LogP contribution in [0.5, 0.6) is 5.75 Å². The summed E-state index contributed by atoms with van der Waals surface area (Å²) in [5.41, 5.74) is 2.83. The molecule has 1 heterocycles. The van der Waals surface area contributed by atoms with Crippen molar-refractivity contribution in [3.05, 3.63) is 48.2 Å². The molecule has 1 aromatic heterocycles. The Hall–Kier alpha value is -2.37. The molecule has 0 bridgehead atoms. The Labute approximate surface area is 183 Å². The molecule has 0 saturated carbocycles. The lowest BCUT2D eigenvalue weighted by atomic mass is 9.97. The maximum absolute atomic E-state index is 13.3. The number of aromatic nitrogens is 1. The molecule has 1 aromatic carbocycles. The molecular formula is C25H32F3NO2. The van der Waals surface area contributed by atoms with Crippen LogP contribution in [0.25, 0.3) is 11.3 Å². The van der Waals surface area contributed by atoms with E-state index in [1.54, 1.807) is 24.3 Å². The van der Waals surface area contributed by atoms with Gasteiger partial charge in [0.15, 0.2) is 0 Å². The minimum atomic E-state index is -4.40. The van der Waals surface area contributed by atoms with Crippen molar-refractivity contribution in [2.45, 2.75) is 77.8 Å². The van der Waals surface area contributed by atoms with Gasteiger partial charge in [-0.2, -0.15) is 13.2 Å². The largest absolute Gasteiger partial charge is 0.427 e. The Morgan fingerprint density at radius 3 is 2.26 bits per heavy atom. The third kappa shape index (κ3) is 8.72. The number of esters is 1. The highest BCUT2D eigenvalue weighted by atomic mass is 19.4. The minimum Gasteiger partial charge on any atom is -0.427 e. The van der Waals surface area contributed by atoms with E-state index in [0.29, 0.717) is 6.42 Å². The molecule has 6 heteroatoms. The van der Waals surface area contributed by atoms with Gasteiger partial charge in [-0.25, -0.2) is 0 Å². The van der Waals surface area contributed by atoms with E-state index in [-0.39, 0.29) is 12.2 Å². The van der Waals surface area contributed by atoms with Crippen LogP contribution in [0.15, 0.2) is 42.6 Å². The number of carbonyl (C=O) groups is 1. The number of unbranched alkanes of at least 4 members (excludes halogenated alkanes) is 4. The van der Waals surface area contributed by atoms with Crippen molar-refractivity contribution in [1.82, 2.24) is 4.98 Å². The van der Waals surface area contributed by atoms with Crippen LogP contribution in [-0.2, 0) is 11.2 Å². The van der Waals surface area contributed by atoms with E-state index < -0.39 is 24.5 Å². The van der Waals surface area contributed by atoms with Crippen LogP contribution >= 0.6 is 0 Å². The Bertz CT molecular complexity index is 786. The van der Waals surface area contributed by atoms with Gasteiger partial charge >= 0.3 is 12.1 Å². The highest BCUT2D eigenvalue weighted by Gasteiger charge is 2.40. The van der Waals surface area contributed by atoms with Gasteiger partial charge in [-0.05, 0) is 55.2 Å². The maximum Gasteiger partial charge on any atom is 0.392 e. The fourth-order valence-electron chi connectivity index (χ4n) is 3.39. The van der Waals surface area contributed by atoms with Crippen LogP contribution in [-0.4, -0.2) is 17.1 Å². The predicted octanol–water partition coefficient (Wildman–Crippen LogP) is 7.54. The molecule has 1 atom stereocenters. The van der Waals surface area contributed by atoms with E-state index in [9.17, 15) is 18.0 Å². The third-order valence-electron chi connectivity index (χ3n) is 5.31. The van der Waals surface area contributed by atoms with E-state index in [0.717, 1.165) is 49.8 Å². The molecule has 0 aliphatic rings. The van der Waals surface area contributed by atoms with Gasteiger partial charge in [-0.15, -0.1) is 0 Å². The molecule has 0 aliphatic carbocycles. The number of hydrogen-bond donors (Lipinski definition) is 0. The van der Waals surface area contributed by atoms with Crippen molar-refractivity contribution < 1.29 is 22.7 Å². The molecule has 0 saturated heterocycles. The van der Waals surface area contributed by atoms with Crippen LogP contribution in [0, 0.1) is 5.92 Å². The molecule has 0 amide bonds. The number of rotatable bonds is 12. The normalized spacial score (nSPS) is 12.5. The van der Waals surface area contributed by atoms with Gasteiger partial charge in [0.2, 0.25) is 0 Å². The van der Waals surface area contributed by atoms with Gasteiger partial charge in [-0.1, -0.05) is 52.0 Å². The number of alkyl halides is 3. The van der Waals surface area contributed by atoms with E-state index in [4.69, 9.17) is 4.74 Å². The summed E-state index contributed by atoms with van der Waals surface area (Å²) in [6, 6.07) is 10.7. The molecule has 0 aliphatic heterocycles. The molecule has 2 rings (SSSR count). The standard InChI is InChI=1S/C25H32F3NO2/c1-3-5-7-8-10-21(25(26,27)28)17-24(30)31-22-14-12-20(13-15-22)23-16-11-19(18-29-23)9-6-4-2/h11-16,18,21H,3-10,17H2,1-2H3. The number of hydrogen-bond acceptors (Lipinski definition) is 3. The highest BCUT2D eigenvalue weighted by Crippen LogP contribution is 2.33. The Kier molecular flexibility index (Phi) is 10.0. The lowest BCUT2D eigenvalue weighted by Crippen LogP contribution is -2.27. The zero-order valence-corrected chi connectivity index (χ0v) is 18.4. The molecule has 31 heavy (non-hydrogen) atoms. The number of carbonyl (C=O) groups excluding carboxylic acids is 1. The van der Waals surface area contributed by atoms with E-state index in [2.05, 4.69) is 11.9 Å². The summed E-state index contributed by atoms with van der Waals surface area (Å²) in [5.74, 6) is -2.28. The van der Waals surface area contributed by atoms with Gasteiger partial charge in [0.1, 0.15) is 5.75 Å². The quantitative estimate of drug-likeness (QED) is 0.196. The first-order valence-electron chi connectivity index (χ1n) is 11.2. The number of aryl methyl sites for hydroxylation is 1. The van der Waals surface area contributed by atoms with Crippen LogP contribution < -0.4 is 4.74 Å². The van der Waals surface area contributed by atoms with Crippen LogP contribution in [0.4, 0.5) is 13.2 Å². The Morgan fingerprint density at radius 1 is 0.968 bits per heavy atom. The van der Waals surface area contributed by atoms with Gasteiger partial charge in [0.05, 0.1) is 18.0 Å². The lowest BCUT2D eigenvalue weighted by Gasteiger charge is -2.19. The van der Waals surface area contributed by atoms with Crippen LogP contribution in [0.2, 0.25) is 0 Å². The van der Waals surface area contributed by atoms with E-state index in [1.807, 2.05) is 25.3 Å². The third-order valence-corrected chi connectivity index (χ3v) is 5.31. The summed E-state index contributed by atoms with van der Waals surface area (Å²) in [7, 11) is 0. The maximum atomic E-state index is 13.3. The fraction of sp³-hybridized carbons (Fsp3) is 0.520. The number of nitrogens with zero attached hydrogens (tertiary/aromatic N) is 1. The van der Waals surface area contributed by atoms with E-state index in [1.165, 1.54) is 5.56 Å².